The zero-order chi connectivity index (χ0) is 22.7. The fourth-order valence-electron chi connectivity index (χ4n) is 3.62. The third-order valence-corrected chi connectivity index (χ3v) is 5.45. The molecule has 162 valence electrons. The molecule has 0 saturated heterocycles. The van der Waals surface area contributed by atoms with Crippen LogP contribution in [-0.4, -0.2) is 31.7 Å². The molecule has 1 heterocycles. The number of rotatable bonds is 4. The zero-order valence-corrected chi connectivity index (χ0v) is 18.7. The minimum Gasteiger partial charge on any atom is -0.493 e. The lowest BCUT2D eigenvalue weighted by Gasteiger charge is -2.20. The number of amidine groups is 1. The van der Waals surface area contributed by atoms with Crippen LogP contribution in [0.4, 0.5) is 11.4 Å². The van der Waals surface area contributed by atoms with Gasteiger partial charge in [0, 0.05) is 16.3 Å². The van der Waals surface area contributed by atoms with E-state index >= 15 is 0 Å². The van der Waals surface area contributed by atoms with Gasteiger partial charge in [0.05, 0.1) is 31.5 Å². The average molecular weight is 448 g/mol. The number of carbonyl (C=O) groups excluding carboxylic acids is 1. The number of aliphatic imine (C=N–C) groups is 2. The molecule has 0 aliphatic carbocycles. The summed E-state index contributed by atoms with van der Waals surface area (Å²) in [6, 6.07) is 19.9. The van der Waals surface area contributed by atoms with Crippen molar-refractivity contribution in [2.45, 2.75) is 12.8 Å². The number of halogens is 1. The molecular weight excluding hydrogens is 426 g/mol. The van der Waals surface area contributed by atoms with Crippen LogP contribution >= 0.6 is 11.6 Å². The smallest absolute Gasteiger partial charge is 0.256 e. The Morgan fingerprint density at radius 3 is 2.22 bits per heavy atom. The summed E-state index contributed by atoms with van der Waals surface area (Å²) in [7, 11) is 3.18. The first-order chi connectivity index (χ1) is 15.5. The van der Waals surface area contributed by atoms with Gasteiger partial charge in [0.25, 0.3) is 5.91 Å². The van der Waals surface area contributed by atoms with E-state index in [1.807, 2.05) is 49.4 Å². The quantitative estimate of drug-likeness (QED) is 0.557. The van der Waals surface area contributed by atoms with Gasteiger partial charge >= 0.3 is 0 Å². The van der Waals surface area contributed by atoms with E-state index in [1.54, 1.807) is 38.5 Å². The molecule has 32 heavy (non-hydrogen) atoms. The van der Waals surface area contributed by atoms with Gasteiger partial charge in [-0.05, 0) is 61.0 Å². The predicted octanol–water partition coefficient (Wildman–Crippen LogP) is 5.71. The number of nitrogens with one attached hydrogen (secondary N) is 1. The SMILES string of the molecule is COc1ccc([C@H]2C(C)=Nc3ccccc3N=C2NC(=O)c2ccc(Cl)cc2)cc1OC. The van der Waals surface area contributed by atoms with Crippen molar-refractivity contribution < 1.29 is 14.3 Å². The van der Waals surface area contributed by atoms with Gasteiger partial charge in [-0.3, -0.25) is 9.79 Å². The predicted molar refractivity (Wildman–Crippen MR) is 128 cm³/mol. The van der Waals surface area contributed by atoms with Gasteiger partial charge in [-0.15, -0.1) is 0 Å². The summed E-state index contributed by atoms with van der Waals surface area (Å²) in [5.41, 5.74) is 3.56. The van der Waals surface area contributed by atoms with E-state index in [-0.39, 0.29) is 5.91 Å². The summed E-state index contributed by atoms with van der Waals surface area (Å²) in [4.78, 5) is 22.6. The lowest BCUT2D eigenvalue weighted by molar-refractivity contribution is 0.0976. The fraction of sp³-hybridized carbons (Fsp3) is 0.160. The minimum atomic E-state index is -0.390. The van der Waals surface area contributed by atoms with E-state index in [0.717, 1.165) is 17.0 Å². The summed E-state index contributed by atoms with van der Waals surface area (Å²) < 4.78 is 10.9. The Labute approximate surface area is 191 Å². The number of para-hydroxylation sites is 2. The molecule has 3 aromatic carbocycles. The van der Waals surface area contributed by atoms with Crippen LogP contribution < -0.4 is 14.8 Å². The summed E-state index contributed by atoms with van der Waals surface area (Å²) in [6.07, 6.45) is 0. The monoisotopic (exact) mass is 447 g/mol. The van der Waals surface area contributed by atoms with E-state index in [9.17, 15) is 4.79 Å². The molecule has 1 atom stereocenters. The van der Waals surface area contributed by atoms with Gasteiger partial charge in [0.1, 0.15) is 5.84 Å². The van der Waals surface area contributed by atoms with Crippen molar-refractivity contribution >= 4 is 40.4 Å². The van der Waals surface area contributed by atoms with Crippen LogP contribution in [0.5, 0.6) is 11.5 Å². The summed E-state index contributed by atoms with van der Waals surface area (Å²) in [5, 5.41) is 3.56. The normalized spacial score (nSPS) is 15.1. The molecule has 0 bridgehead atoms. The Morgan fingerprint density at radius 2 is 1.56 bits per heavy atom. The largest absolute Gasteiger partial charge is 0.493 e. The van der Waals surface area contributed by atoms with Crippen molar-refractivity contribution in [3.8, 4) is 11.5 Å². The molecule has 1 N–H and O–H groups in total. The second kappa shape index (κ2) is 9.24. The molecule has 0 radical (unpaired) electrons. The first-order valence-electron chi connectivity index (χ1n) is 10.0. The van der Waals surface area contributed by atoms with Crippen LogP contribution in [0.2, 0.25) is 5.02 Å². The first kappa shape index (κ1) is 21.6. The number of amides is 1. The van der Waals surface area contributed by atoms with Crippen LogP contribution in [0, 0.1) is 0 Å². The van der Waals surface area contributed by atoms with Gasteiger partial charge in [0.15, 0.2) is 11.5 Å². The molecule has 1 aliphatic heterocycles. The maximum atomic E-state index is 13.0. The third-order valence-electron chi connectivity index (χ3n) is 5.20. The molecule has 7 heteroatoms. The van der Waals surface area contributed by atoms with E-state index in [0.29, 0.717) is 33.6 Å². The number of hydrogen-bond acceptors (Lipinski definition) is 5. The molecule has 0 fully saturated rings. The summed E-state index contributed by atoms with van der Waals surface area (Å²) in [5.74, 6) is 1.01. The maximum Gasteiger partial charge on any atom is 0.256 e. The van der Waals surface area contributed by atoms with Gasteiger partial charge < -0.3 is 14.8 Å². The highest BCUT2D eigenvalue weighted by Gasteiger charge is 2.27. The van der Waals surface area contributed by atoms with Crippen LogP contribution in [0.15, 0.2) is 76.7 Å². The number of ether oxygens (including phenoxy) is 2. The van der Waals surface area contributed by atoms with Crippen molar-refractivity contribution in [3.05, 3.63) is 82.9 Å². The lowest BCUT2D eigenvalue weighted by Crippen LogP contribution is -2.37. The Morgan fingerprint density at radius 1 is 0.906 bits per heavy atom. The Hall–Kier alpha value is -3.64. The fourth-order valence-corrected chi connectivity index (χ4v) is 3.75. The van der Waals surface area contributed by atoms with Gasteiger partial charge in [-0.1, -0.05) is 29.8 Å². The highest BCUT2D eigenvalue weighted by molar-refractivity contribution is 6.30. The second-order valence-corrected chi connectivity index (χ2v) is 7.68. The van der Waals surface area contributed by atoms with Crippen molar-refractivity contribution in [2.24, 2.45) is 9.98 Å². The van der Waals surface area contributed by atoms with Gasteiger partial charge in [-0.2, -0.15) is 0 Å². The molecule has 0 unspecified atom stereocenters. The number of methoxy groups -OCH3 is 2. The van der Waals surface area contributed by atoms with Crippen LogP contribution in [0.25, 0.3) is 0 Å². The van der Waals surface area contributed by atoms with Crippen molar-refractivity contribution in [1.29, 1.82) is 0 Å². The lowest BCUT2D eigenvalue weighted by atomic mass is 9.92. The molecular formula is C25H22ClN3O3. The number of nitrogens with zero attached hydrogens (tertiary/aromatic N) is 2. The third kappa shape index (κ3) is 4.36. The Kier molecular flexibility index (Phi) is 6.23. The minimum absolute atomic E-state index is 0.280. The first-order valence-corrected chi connectivity index (χ1v) is 10.4. The number of carbonyl (C=O) groups is 1. The van der Waals surface area contributed by atoms with Crippen LogP contribution in [-0.2, 0) is 0 Å². The van der Waals surface area contributed by atoms with Crippen LogP contribution in [0.3, 0.4) is 0 Å². The topological polar surface area (TPSA) is 72.3 Å². The summed E-state index contributed by atoms with van der Waals surface area (Å²) >= 11 is 5.97. The van der Waals surface area contributed by atoms with Crippen molar-refractivity contribution in [1.82, 2.24) is 5.32 Å². The number of hydrogen-bond donors (Lipinski definition) is 1. The molecule has 0 spiro atoms. The van der Waals surface area contributed by atoms with E-state index < -0.39 is 5.92 Å². The molecule has 1 aliphatic rings. The van der Waals surface area contributed by atoms with Crippen molar-refractivity contribution in [2.75, 3.05) is 14.2 Å². The van der Waals surface area contributed by atoms with E-state index in [1.165, 1.54) is 0 Å². The molecule has 0 aromatic heterocycles. The van der Waals surface area contributed by atoms with E-state index in [2.05, 4.69) is 5.32 Å². The van der Waals surface area contributed by atoms with E-state index in [4.69, 9.17) is 31.1 Å². The maximum absolute atomic E-state index is 13.0. The van der Waals surface area contributed by atoms with Gasteiger partial charge in [0.2, 0.25) is 0 Å². The highest BCUT2D eigenvalue weighted by atomic mass is 35.5. The van der Waals surface area contributed by atoms with Crippen molar-refractivity contribution in [3.63, 3.8) is 0 Å². The number of fused-ring (bicyclic) bond motifs is 1. The number of benzene rings is 3. The Bertz CT molecular complexity index is 1220. The standard InChI is InChI=1S/C25H22ClN3O3/c1-15-23(17-10-13-21(31-2)22(14-17)32-3)24(28-20-7-5-4-6-19(20)27-15)29-25(30)16-8-11-18(26)12-9-16/h4-14,23H,1-3H3,(H,28,29,30)/t23-/m1/s1. The summed E-state index contributed by atoms with van der Waals surface area (Å²) in [6.45, 7) is 1.92. The van der Waals surface area contributed by atoms with Gasteiger partial charge in [-0.25, -0.2) is 4.99 Å². The molecule has 3 aromatic rings. The average Bonchev–Trinajstić information content (AvgIpc) is 2.94. The second-order valence-electron chi connectivity index (χ2n) is 7.25. The molecule has 0 saturated carbocycles. The zero-order valence-electron chi connectivity index (χ0n) is 17.9. The molecule has 1 amide bonds. The Balaban J connectivity index is 1.80. The molecule has 6 nitrogen and oxygen atoms in total. The molecule has 4 rings (SSSR count). The van der Waals surface area contributed by atoms with Crippen LogP contribution in [0.1, 0.15) is 28.8 Å². The highest BCUT2D eigenvalue weighted by Crippen LogP contribution is 2.37.